The Morgan fingerprint density at radius 3 is 2.45 bits per heavy atom. The van der Waals surface area contributed by atoms with Crippen LogP contribution >= 0.6 is 0 Å². The van der Waals surface area contributed by atoms with E-state index in [1.807, 2.05) is 0 Å². The van der Waals surface area contributed by atoms with Gasteiger partial charge in [-0.3, -0.25) is 4.90 Å². The van der Waals surface area contributed by atoms with Gasteiger partial charge in [0.1, 0.15) is 0 Å². The summed E-state index contributed by atoms with van der Waals surface area (Å²) in [5, 5.41) is 0. The molecule has 0 saturated carbocycles. The molecule has 20 heavy (non-hydrogen) atoms. The predicted molar refractivity (Wildman–Crippen MR) is 73.1 cm³/mol. The fraction of sp³-hybridized carbons (Fsp3) is 0.600. The minimum atomic E-state index is -4.26. The van der Waals surface area contributed by atoms with Crippen molar-refractivity contribution in [3.8, 4) is 0 Å². The Hall–Kier alpha value is -1.07. The van der Waals surface area contributed by atoms with E-state index in [1.165, 1.54) is 0 Å². The molecule has 2 atom stereocenters. The van der Waals surface area contributed by atoms with Crippen molar-refractivity contribution in [2.45, 2.75) is 38.5 Å². The molecule has 1 aliphatic rings. The molecular formula is C15H21F3N2. The van der Waals surface area contributed by atoms with E-state index in [9.17, 15) is 13.2 Å². The van der Waals surface area contributed by atoms with E-state index in [1.54, 1.807) is 12.1 Å². The van der Waals surface area contributed by atoms with Crippen LogP contribution in [-0.4, -0.2) is 24.0 Å². The van der Waals surface area contributed by atoms with Crippen LogP contribution in [0, 0.1) is 5.92 Å². The molecule has 112 valence electrons. The molecule has 0 amide bonds. The molecule has 1 aromatic carbocycles. The molecule has 2 rings (SSSR count). The van der Waals surface area contributed by atoms with Crippen molar-refractivity contribution in [3.05, 3.63) is 35.4 Å². The van der Waals surface area contributed by atoms with Crippen molar-refractivity contribution in [1.29, 1.82) is 0 Å². The van der Waals surface area contributed by atoms with Crippen molar-refractivity contribution in [1.82, 2.24) is 4.90 Å². The van der Waals surface area contributed by atoms with Gasteiger partial charge in [0.15, 0.2) is 0 Å². The standard InChI is InChI=1S/C15H21F3N2/c1-11-6-7-20(14(8-11)9-19)10-12-2-4-13(5-3-12)15(16,17)18/h2-5,11,14H,6-10,19H2,1H3. The lowest BCUT2D eigenvalue weighted by Crippen LogP contribution is -2.45. The molecule has 5 heteroatoms. The smallest absolute Gasteiger partial charge is 0.329 e. The number of alkyl halides is 3. The summed E-state index contributed by atoms with van der Waals surface area (Å²) in [6, 6.07) is 5.77. The summed E-state index contributed by atoms with van der Waals surface area (Å²) < 4.78 is 37.5. The van der Waals surface area contributed by atoms with Crippen LogP contribution in [0.4, 0.5) is 13.2 Å². The van der Waals surface area contributed by atoms with E-state index < -0.39 is 11.7 Å². The van der Waals surface area contributed by atoms with Gasteiger partial charge in [-0.25, -0.2) is 0 Å². The summed E-state index contributed by atoms with van der Waals surface area (Å²) in [6.45, 7) is 4.46. The van der Waals surface area contributed by atoms with Gasteiger partial charge >= 0.3 is 6.18 Å². The number of nitrogens with zero attached hydrogens (tertiary/aromatic N) is 1. The quantitative estimate of drug-likeness (QED) is 0.924. The maximum absolute atomic E-state index is 12.5. The van der Waals surface area contributed by atoms with Gasteiger partial charge < -0.3 is 5.73 Å². The summed E-state index contributed by atoms with van der Waals surface area (Å²) in [5.41, 5.74) is 6.12. The first-order valence-electron chi connectivity index (χ1n) is 7.00. The number of hydrogen-bond donors (Lipinski definition) is 1. The molecule has 0 aliphatic carbocycles. The minimum Gasteiger partial charge on any atom is -0.329 e. The highest BCUT2D eigenvalue weighted by Gasteiger charge is 2.30. The number of halogens is 3. The molecule has 1 saturated heterocycles. The summed E-state index contributed by atoms with van der Waals surface area (Å²) in [5.74, 6) is 0.674. The van der Waals surface area contributed by atoms with Crippen molar-refractivity contribution < 1.29 is 13.2 Å². The Bertz CT molecular complexity index is 428. The van der Waals surface area contributed by atoms with E-state index in [2.05, 4.69) is 11.8 Å². The third-order valence-corrected chi connectivity index (χ3v) is 4.04. The zero-order valence-corrected chi connectivity index (χ0v) is 11.7. The topological polar surface area (TPSA) is 29.3 Å². The fourth-order valence-corrected chi connectivity index (χ4v) is 2.79. The molecular weight excluding hydrogens is 265 g/mol. The normalized spacial score (nSPS) is 24.9. The molecule has 0 bridgehead atoms. The SMILES string of the molecule is CC1CCN(Cc2ccc(C(F)(F)F)cc2)C(CN)C1. The number of likely N-dealkylation sites (tertiary alicyclic amines) is 1. The van der Waals surface area contributed by atoms with Crippen LogP contribution in [0.15, 0.2) is 24.3 Å². The minimum absolute atomic E-state index is 0.334. The van der Waals surface area contributed by atoms with E-state index in [0.29, 0.717) is 25.0 Å². The first kappa shape index (κ1) is 15.3. The van der Waals surface area contributed by atoms with Gasteiger partial charge in [0.05, 0.1) is 5.56 Å². The van der Waals surface area contributed by atoms with Gasteiger partial charge in [-0.1, -0.05) is 19.1 Å². The van der Waals surface area contributed by atoms with Crippen molar-refractivity contribution in [2.75, 3.05) is 13.1 Å². The van der Waals surface area contributed by atoms with Crippen LogP contribution in [-0.2, 0) is 12.7 Å². The van der Waals surface area contributed by atoms with Gasteiger partial charge in [0, 0.05) is 19.1 Å². The molecule has 2 unspecified atom stereocenters. The second-order valence-corrected chi connectivity index (χ2v) is 5.68. The summed E-state index contributed by atoms with van der Waals surface area (Å²) in [4.78, 5) is 2.28. The Balaban J connectivity index is 2.02. The molecule has 0 spiro atoms. The average molecular weight is 286 g/mol. The number of rotatable bonds is 3. The van der Waals surface area contributed by atoms with E-state index in [0.717, 1.165) is 37.1 Å². The lowest BCUT2D eigenvalue weighted by molar-refractivity contribution is -0.137. The second-order valence-electron chi connectivity index (χ2n) is 5.68. The van der Waals surface area contributed by atoms with Crippen molar-refractivity contribution in [2.24, 2.45) is 11.7 Å². The van der Waals surface area contributed by atoms with Crippen LogP contribution in [0.5, 0.6) is 0 Å². The van der Waals surface area contributed by atoms with E-state index >= 15 is 0 Å². The first-order valence-corrected chi connectivity index (χ1v) is 7.00. The largest absolute Gasteiger partial charge is 0.416 e. The third kappa shape index (κ3) is 3.73. The molecule has 1 aromatic rings. The van der Waals surface area contributed by atoms with Gasteiger partial charge in [-0.15, -0.1) is 0 Å². The van der Waals surface area contributed by atoms with Crippen molar-refractivity contribution >= 4 is 0 Å². The van der Waals surface area contributed by atoms with Gasteiger partial charge in [0.25, 0.3) is 0 Å². The molecule has 1 fully saturated rings. The average Bonchev–Trinajstić information content (AvgIpc) is 2.40. The van der Waals surface area contributed by atoms with E-state index in [4.69, 9.17) is 5.73 Å². The molecule has 0 aromatic heterocycles. The number of nitrogens with two attached hydrogens (primary N) is 1. The van der Waals surface area contributed by atoms with Crippen LogP contribution < -0.4 is 5.73 Å². The Morgan fingerprint density at radius 2 is 1.90 bits per heavy atom. The van der Waals surface area contributed by atoms with Gasteiger partial charge in [-0.2, -0.15) is 13.2 Å². The zero-order chi connectivity index (χ0) is 14.8. The molecule has 2 nitrogen and oxygen atoms in total. The van der Waals surface area contributed by atoms with Gasteiger partial charge in [0.2, 0.25) is 0 Å². The molecule has 1 heterocycles. The molecule has 2 N–H and O–H groups in total. The molecule has 0 radical (unpaired) electrons. The zero-order valence-electron chi connectivity index (χ0n) is 11.7. The maximum atomic E-state index is 12.5. The number of hydrogen-bond acceptors (Lipinski definition) is 2. The number of benzene rings is 1. The van der Waals surface area contributed by atoms with Gasteiger partial charge in [-0.05, 0) is 43.0 Å². The Kier molecular flexibility index (Phi) is 4.70. The molecule has 1 aliphatic heterocycles. The second kappa shape index (κ2) is 6.14. The predicted octanol–water partition coefficient (Wildman–Crippen LogP) is 3.26. The monoisotopic (exact) mass is 286 g/mol. The van der Waals surface area contributed by atoms with Crippen LogP contribution in [0.25, 0.3) is 0 Å². The highest BCUT2D eigenvalue weighted by Crippen LogP contribution is 2.30. The van der Waals surface area contributed by atoms with Crippen LogP contribution in [0.3, 0.4) is 0 Å². The maximum Gasteiger partial charge on any atom is 0.416 e. The summed E-state index contributed by atoms with van der Waals surface area (Å²) in [7, 11) is 0. The highest BCUT2D eigenvalue weighted by molar-refractivity contribution is 5.24. The lowest BCUT2D eigenvalue weighted by atomic mass is 9.92. The Morgan fingerprint density at radius 1 is 1.25 bits per heavy atom. The van der Waals surface area contributed by atoms with Crippen LogP contribution in [0.2, 0.25) is 0 Å². The fourth-order valence-electron chi connectivity index (χ4n) is 2.79. The third-order valence-electron chi connectivity index (χ3n) is 4.04. The number of piperidine rings is 1. The van der Waals surface area contributed by atoms with Crippen molar-refractivity contribution in [3.63, 3.8) is 0 Å². The van der Waals surface area contributed by atoms with Crippen LogP contribution in [0.1, 0.15) is 30.9 Å². The summed E-state index contributed by atoms with van der Waals surface area (Å²) >= 11 is 0. The Labute approximate surface area is 117 Å². The first-order chi connectivity index (χ1) is 9.40. The summed E-state index contributed by atoms with van der Waals surface area (Å²) in [6.07, 6.45) is -2.08. The van der Waals surface area contributed by atoms with E-state index in [-0.39, 0.29) is 0 Å². The highest BCUT2D eigenvalue weighted by atomic mass is 19.4. The lowest BCUT2D eigenvalue weighted by Gasteiger charge is -2.38.